The minimum Gasteiger partial charge on any atom is -0.352 e. The Morgan fingerprint density at radius 2 is 2.05 bits per heavy atom. The van der Waals surface area contributed by atoms with E-state index in [0.29, 0.717) is 11.0 Å². The predicted octanol–water partition coefficient (Wildman–Crippen LogP) is 4.76. The molecule has 0 bridgehead atoms. The zero-order valence-corrected chi connectivity index (χ0v) is 13.9. The molecule has 1 unspecified atom stereocenters. The smallest absolute Gasteiger partial charge is 0.352 e. The summed E-state index contributed by atoms with van der Waals surface area (Å²) in [5, 5.41) is 2.62. The van der Waals surface area contributed by atoms with Crippen molar-refractivity contribution in [2.45, 2.75) is 30.8 Å². The normalized spacial score (nSPS) is 13.1. The van der Waals surface area contributed by atoms with Gasteiger partial charge in [-0.15, -0.1) is 0 Å². The van der Waals surface area contributed by atoms with Gasteiger partial charge in [0.2, 0.25) is 0 Å². The molecule has 0 radical (unpaired) electrons. The van der Waals surface area contributed by atoms with Crippen LogP contribution in [-0.4, -0.2) is 17.3 Å². The van der Waals surface area contributed by atoms with E-state index in [2.05, 4.69) is 37.2 Å². The van der Waals surface area contributed by atoms with Crippen molar-refractivity contribution >= 4 is 37.8 Å². The van der Waals surface area contributed by atoms with Gasteiger partial charge in [0.15, 0.2) is 0 Å². The molecule has 0 aliphatic carbocycles. The maximum atomic E-state index is 12.6. The fourth-order valence-electron chi connectivity index (χ4n) is 1.52. The van der Waals surface area contributed by atoms with Crippen LogP contribution in [0.2, 0.25) is 0 Å². The Labute approximate surface area is 132 Å². The van der Waals surface area contributed by atoms with E-state index in [1.54, 1.807) is 0 Å². The van der Waals surface area contributed by atoms with Crippen LogP contribution in [0.25, 0.3) is 0 Å². The summed E-state index contributed by atoms with van der Waals surface area (Å²) in [4.78, 5) is 12.2. The van der Waals surface area contributed by atoms with E-state index < -0.39 is 17.6 Å². The number of alkyl halides is 4. The number of hydrogen-bond acceptors (Lipinski definition) is 1. The van der Waals surface area contributed by atoms with Gasteiger partial charge in [0.25, 0.3) is 5.91 Å². The molecule has 2 nitrogen and oxygen atoms in total. The van der Waals surface area contributed by atoms with E-state index in [9.17, 15) is 18.0 Å². The standard InChI is InChI=1S/C13H14Br2F3NO/c1-2-9(14)5-6-19-12(20)10-7-8(13(16,17)18)3-4-11(10)15/h3-4,7,9H,2,5-6H2,1H3,(H,19,20). The highest BCUT2D eigenvalue weighted by molar-refractivity contribution is 9.10. The largest absolute Gasteiger partial charge is 0.416 e. The molecule has 0 aliphatic heterocycles. The number of halogens is 5. The lowest BCUT2D eigenvalue weighted by Gasteiger charge is -2.12. The van der Waals surface area contributed by atoms with Crippen molar-refractivity contribution in [1.29, 1.82) is 0 Å². The summed E-state index contributed by atoms with van der Waals surface area (Å²) in [6, 6.07) is 3.02. The lowest BCUT2D eigenvalue weighted by Crippen LogP contribution is -2.26. The molecule has 0 aromatic heterocycles. The SMILES string of the molecule is CCC(Br)CCNC(=O)c1cc(C(F)(F)F)ccc1Br. The first-order valence-electron chi connectivity index (χ1n) is 6.04. The molecule has 112 valence electrons. The molecule has 0 fully saturated rings. The van der Waals surface area contributed by atoms with Crippen LogP contribution in [0.1, 0.15) is 35.7 Å². The van der Waals surface area contributed by atoms with Crippen molar-refractivity contribution in [2.75, 3.05) is 6.54 Å². The van der Waals surface area contributed by atoms with E-state index >= 15 is 0 Å². The van der Waals surface area contributed by atoms with E-state index in [1.807, 2.05) is 6.92 Å². The first kappa shape index (κ1) is 17.5. The molecule has 1 amide bonds. The molecule has 0 spiro atoms. The third-order valence-electron chi connectivity index (χ3n) is 2.72. The first-order chi connectivity index (χ1) is 9.25. The number of carbonyl (C=O) groups excluding carboxylic acids is 1. The summed E-state index contributed by atoms with van der Waals surface area (Å²) < 4.78 is 38.2. The van der Waals surface area contributed by atoms with Gasteiger partial charge < -0.3 is 5.32 Å². The lowest BCUT2D eigenvalue weighted by atomic mass is 10.1. The maximum absolute atomic E-state index is 12.6. The molecule has 1 aromatic carbocycles. The third-order valence-corrected chi connectivity index (χ3v) is 4.52. The zero-order chi connectivity index (χ0) is 15.3. The first-order valence-corrected chi connectivity index (χ1v) is 7.75. The minimum absolute atomic E-state index is 0.0116. The van der Waals surface area contributed by atoms with E-state index in [-0.39, 0.29) is 10.4 Å². The quantitative estimate of drug-likeness (QED) is 0.688. The zero-order valence-electron chi connectivity index (χ0n) is 10.7. The molecule has 1 aromatic rings. The average molecular weight is 417 g/mol. The Balaban J connectivity index is 2.77. The van der Waals surface area contributed by atoms with Crippen LogP contribution in [0, 0.1) is 0 Å². The average Bonchev–Trinajstić information content (AvgIpc) is 2.37. The second-order valence-corrected chi connectivity index (χ2v) is 6.39. The van der Waals surface area contributed by atoms with Crippen molar-refractivity contribution in [1.82, 2.24) is 5.32 Å². The van der Waals surface area contributed by atoms with Gasteiger partial charge >= 0.3 is 6.18 Å². The van der Waals surface area contributed by atoms with Crippen molar-refractivity contribution in [3.63, 3.8) is 0 Å². The molecule has 0 aliphatic rings. The van der Waals surface area contributed by atoms with Crippen LogP contribution >= 0.6 is 31.9 Å². The summed E-state index contributed by atoms with van der Waals surface area (Å²) in [6.45, 7) is 2.41. The second-order valence-electron chi connectivity index (χ2n) is 4.24. The minimum atomic E-state index is -4.46. The van der Waals surface area contributed by atoms with Crippen LogP contribution in [0.5, 0.6) is 0 Å². The molecule has 7 heteroatoms. The monoisotopic (exact) mass is 415 g/mol. The highest BCUT2D eigenvalue weighted by Crippen LogP contribution is 2.31. The Bertz CT molecular complexity index is 477. The molecular formula is C13H14Br2F3NO. The maximum Gasteiger partial charge on any atom is 0.416 e. The molecule has 0 heterocycles. The van der Waals surface area contributed by atoms with Crippen LogP contribution in [0.3, 0.4) is 0 Å². The van der Waals surface area contributed by atoms with E-state index in [1.165, 1.54) is 6.07 Å². The van der Waals surface area contributed by atoms with Gasteiger partial charge in [0.05, 0.1) is 11.1 Å². The molecule has 20 heavy (non-hydrogen) atoms. The van der Waals surface area contributed by atoms with Gasteiger partial charge in [-0.2, -0.15) is 13.2 Å². The summed E-state index contributed by atoms with van der Waals surface area (Å²) >= 11 is 6.52. The molecule has 0 saturated heterocycles. The van der Waals surface area contributed by atoms with Crippen LogP contribution in [0.4, 0.5) is 13.2 Å². The lowest BCUT2D eigenvalue weighted by molar-refractivity contribution is -0.137. The highest BCUT2D eigenvalue weighted by atomic mass is 79.9. The van der Waals surface area contributed by atoms with Crippen LogP contribution < -0.4 is 5.32 Å². The number of rotatable bonds is 5. The molecular weight excluding hydrogens is 403 g/mol. The fourth-order valence-corrected chi connectivity index (χ4v) is 2.17. The second kappa shape index (κ2) is 7.45. The summed E-state index contributed by atoms with van der Waals surface area (Å²) in [7, 11) is 0. The number of nitrogens with one attached hydrogen (secondary N) is 1. The molecule has 1 atom stereocenters. The van der Waals surface area contributed by atoms with Crippen molar-refractivity contribution in [2.24, 2.45) is 0 Å². The van der Waals surface area contributed by atoms with Gasteiger partial charge in [-0.1, -0.05) is 22.9 Å². The third kappa shape index (κ3) is 5.09. The number of amides is 1. The highest BCUT2D eigenvalue weighted by Gasteiger charge is 2.31. The predicted molar refractivity (Wildman–Crippen MR) is 79.1 cm³/mol. The van der Waals surface area contributed by atoms with Gasteiger partial charge in [-0.25, -0.2) is 0 Å². The Kier molecular flexibility index (Phi) is 6.51. The van der Waals surface area contributed by atoms with E-state index in [4.69, 9.17) is 0 Å². The topological polar surface area (TPSA) is 29.1 Å². The Morgan fingerprint density at radius 3 is 2.60 bits per heavy atom. The van der Waals surface area contributed by atoms with E-state index in [0.717, 1.165) is 25.0 Å². The van der Waals surface area contributed by atoms with Crippen molar-refractivity contribution in [3.05, 3.63) is 33.8 Å². The summed E-state index contributed by atoms with van der Waals surface area (Å²) in [6.07, 6.45) is -2.82. The number of carbonyl (C=O) groups is 1. The van der Waals surface area contributed by atoms with Gasteiger partial charge in [0.1, 0.15) is 0 Å². The van der Waals surface area contributed by atoms with Gasteiger partial charge in [-0.05, 0) is 47.0 Å². The van der Waals surface area contributed by atoms with Crippen molar-refractivity contribution < 1.29 is 18.0 Å². The number of hydrogen-bond donors (Lipinski definition) is 1. The number of benzene rings is 1. The summed E-state index contributed by atoms with van der Waals surface area (Å²) in [5.74, 6) is -0.515. The fraction of sp³-hybridized carbons (Fsp3) is 0.462. The van der Waals surface area contributed by atoms with Gasteiger partial charge in [0, 0.05) is 15.8 Å². The Hall–Kier alpha value is -0.560. The van der Waals surface area contributed by atoms with Crippen LogP contribution in [-0.2, 0) is 6.18 Å². The summed E-state index contributed by atoms with van der Waals surface area (Å²) in [5.41, 5.74) is -0.847. The molecule has 1 rings (SSSR count). The van der Waals surface area contributed by atoms with Crippen molar-refractivity contribution in [3.8, 4) is 0 Å². The van der Waals surface area contributed by atoms with Gasteiger partial charge in [-0.3, -0.25) is 4.79 Å². The van der Waals surface area contributed by atoms with Crippen LogP contribution in [0.15, 0.2) is 22.7 Å². The molecule has 0 saturated carbocycles. The molecule has 1 N–H and O–H groups in total. The Morgan fingerprint density at radius 1 is 1.40 bits per heavy atom.